The summed E-state index contributed by atoms with van der Waals surface area (Å²) in [6.07, 6.45) is -6.62. The summed E-state index contributed by atoms with van der Waals surface area (Å²) in [6.45, 7) is 4.21. The van der Waals surface area contributed by atoms with E-state index in [1.807, 2.05) is 20.8 Å². The lowest BCUT2D eigenvalue weighted by Gasteiger charge is -2.30. The van der Waals surface area contributed by atoms with Crippen molar-refractivity contribution in [2.45, 2.75) is 45.4 Å². The molecule has 1 aliphatic rings. The fourth-order valence-electron chi connectivity index (χ4n) is 3.35. The van der Waals surface area contributed by atoms with Gasteiger partial charge in [-0.05, 0) is 41.7 Å². The Labute approximate surface area is 202 Å². The zero-order valence-electron chi connectivity index (χ0n) is 19.7. The summed E-state index contributed by atoms with van der Waals surface area (Å²) in [4.78, 5) is 37.7. The van der Waals surface area contributed by atoms with Gasteiger partial charge in [-0.15, -0.1) is 5.01 Å². The molecule has 0 saturated carbocycles. The van der Waals surface area contributed by atoms with E-state index in [9.17, 15) is 32.8 Å². The molecule has 0 radical (unpaired) electrons. The van der Waals surface area contributed by atoms with Crippen molar-refractivity contribution in [2.24, 2.45) is 5.28 Å². The molecule has 1 heterocycles. The minimum absolute atomic E-state index is 0.0606. The Morgan fingerprint density at radius 1 is 1.17 bits per heavy atom. The molecule has 0 spiro atoms. The predicted molar refractivity (Wildman–Crippen MR) is 113 cm³/mol. The SMILES string of the molecule is Cc1cc2c(cc1C(C)(C)C)O[C@H](C(F)(F)F)C(C(=O)OCO/N=[N+](\[O-])N(CC(=O)O)CC(=O)O)=C2. The van der Waals surface area contributed by atoms with Gasteiger partial charge in [0.25, 0.3) is 6.79 Å². The number of ether oxygens (including phenoxy) is 2. The number of carboxylic acid groups (broad SMARTS) is 2. The zero-order valence-corrected chi connectivity index (χ0v) is 19.7. The van der Waals surface area contributed by atoms with Crippen LogP contribution in [0, 0.1) is 12.1 Å². The molecule has 1 atom stereocenters. The van der Waals surface area contributed by atoms with Gasteiger partial charge in [-0.2, -0.15) is 13.2 Å². The molecule has 36 heavy (non-hydrogen) atoms. The van der Waals surface area contributed by atoms with Crippen molar-refractivity contribution in [3.63, 3.8) is 0 Å². The van der Waals surface area contributed by atoms with Gasteiger partial charge in [-0.25, -0.2) is 4.79 Å². The number of hydrogen-bond acceptors (Lipinski definition) is 8. The average Bonchev–Trinajstić information content (AvgIpc) is 2.72. The number of alkyl halides is 3. The summed E-state index contributed by atoms with van der Waals surface area (Å²) in [6, 6.07) is 3.07. The van der Waals surface area contributed by atoms with Crippen molar-refractivity contribution in [1.29, 1.82) is 0 Å². The summed E-state index contributed by atoms with van der Waals surface area (Å²) < 4.78 is 50.8. The van der Waals surface area contributed by atoms with Crippen molar-refractivity contribution in [3.05, 3.63) is 39.6 Å². The van der Waals surface area contributed by atoms with Crippen LogP contribution in [0.15, 0.2) is 23.0 Å². The van der Waals surface area contributed by atoms with Crippen LogP contribution >= 0.6 is 0 Å². The third-order valence-electron chi connectivity index (χ3n) is 4.78. The van der Waals surface area contributed by atoms with E-state index in [2.05, 4.69) is 14.9 Å². The van der Waals surface area contributed by atoms with Gasteiger partial charge in [-0.3, -0.25) is 9.59 Å². The van der Waals surface area contributed by atoms with Crippen LogP contribution in [-0.4, -0.2) is 70.3 Å². The zero-order chi connectivity index (χ0) is 27.4. The molecular formula is C21H24F3N3O9. The lowest BCUT2D eigenvalue weighted by Crippen LogP contribution is -2.41. The number of carbonyl (C=O) groups is 3. The van der Waals surface area contributed by atoms with Crippen molar-refractivity contribution in [2.75, 3.05) is 19.9 Å². The number of aliphatic carboxylic acids is 2. The first-order chi connectivity index (χ1) is 16.5. The minimum atomic E-state index is -4.97. The van der Waals surface area contributed by atoms with Crippen molar-refractivity contribution < 1.29 is 57.0 Å². The Morgan fingerprint density at radius 2 is 1.75 bits per heavy atom. The van der Waals surface area contributed by atoms with Crippen LogP contribution in [0.2, 0.25) is 0 Å². The summed E-state index contributed by atoms with van der Waals surface area (Å²) in [7, 11) is 0. The fraction of sp³-hybridized carbons (Fsp3) is 0.476. The number of esters is 1. The third kappa shape index (κ3) is 7.23. The van der Waals surface area contributed by atoms with Crippen molar-refractivity contribution in [3.8, 4) is 5.75 Å². The molecule has 198 valence electrons. The standard InChI is InChI=1S/C21H24F3N3O9/c1-11-5-12-6-13(18(21(22,23)24)36-15(12)7-14(11)20(2,3)4)19(32)34-10-35-25-27(33)26(8-16(28)29)9-17(30)31/h5-7,18H,8-10H2,1-4H3,(H,28,29)(H,30,31)/b27-25-/t18-/m0/s1. The van der Waals surface area contributed by atoms with E-state index in [4.69, 9.17) is 14.9 Å². The van der Waals surface area contributed by atoms with Gasteiger partial charge in [0.2, 0.25) is 11.4 Å². The van der Waals surface area contributed by atoms with Crippen LogP contribution in [-0.2, 0) is 29.4 Å². The highest BCUT2D eigenvalue weighted by atomic mass is 19.4. The highest BCUT2D eigenvalue weighted by Gasteiger charge is 2.49. The van der Waals surface area contributed by atoms with Crippen molar-refractivity contribution in [1.82, 2.24) is 5.01 Å². The smallest absolute Gasteiger partial charge is 0.430 e. The molecule has 2 rings (SSSR count). The molecule has 0 bridgehead atoms. The Bertz CT molecular complexity index is 1080. The first kappa shape index (κ1) is 28.2. The number of halogens is 3. The van der Waals surface area contributed by atoms with Gasteiger partial charge < -0.3 is 29.7 Å². The molecule has 1 aromatic carbocycles. The molecule has 12 nitrogen and oxygen atoms in total. The topological polar surface area (TPSA) is 161 Å². The minimum Gasteiger partial charge on any atom is -0.569 e. The van der Waals surface area contributed by atoms with Gasteiger partial charge in [0, 0.05) is 5.56 Å². The molecule has 0 aliphatic carbocycles. The second-order valence-electron chi connectivity index (χ2n) is 8.72. The molecule has 2 N–H and O–H groups in total. The molecule has 0 saturated heterocycles. The van der Waals surface area contributed by atoms with Crippen LogP contribution in [0.25, 0.3) is 6.08 Å². The van der Waals surface area contributed by atoms with Crippen LogP contribution in [0.3, 0.4) is 0 Å². The van der Waals surface area contributed by atoms with E-state index in [1.54, 1.807) is 13.0 Å². The third-order valence-corrected chi connectivity index (χ3v) is 4.78. The second-order valence-corrected chi connectivity index (χ2v) is 8.72. The Hall–Kier alpha value is -4.04. The number of fused-ring (bicyclic) bond motifs is 1. The van der Waals surface area contributed by atoms with E-state index >= 15 is 0 Å². The van der Waals surface area contributed by atoms with Gasteiger partial charge in [0.15, 0.2) is 13.1 Å². The monoisotopic (exact) mass is 519 g/mol. The van der Waals surface area contributed by atoms with Crippen LogP contribution in [0.1, 0.15) is 37.5 Å². The molecular weight excluding hydrogens is 495 g/mol. The first-order valence-electron chi connectivity index (χ1n) is 10.3. The van der Waals surface area contributed by atoms with E-state index < -0.39 is 60.6 Å². The summed E-state index contributed by atoms with van der Waals surface area (Å²) in [5.41, 5.74) is 0.504. The highest BCUT2D eigenvalue weighted by Crippen LogP contribution is 2.40. The van der Waals surface area contributed by atoms with E-state index in [0.717, 1.165) is 17.2 Å². The fourth-order valence-corrected chi connectivity index (χ4v) is 3.35. The molecule has 0 aromatic heterocycles. The first-order valence-corrected chi connectivity index (χ1v) is 10.3. The van der Waals surface area contributed by atoms with Gasteiger partial charge >= 0.3 is 24.1 Å². The Kier molecular flexibility index (Phi) is 8.38. The number of carboxylic acids is 2. The molecule has 15 heteroatoms. The second kappa shape index (κ2) is 10.7. The van der Waals surface area contributed by atoms with Crippen LogP contribution in [0.4, 0.5) is 13.2 Å². The molecule has 0 fully saturated rings. The van der Waals surface area contributed by atoms with Gasteiger partial charge in [-0.1, -0.05) is 20.8 Å². The maximum absolute atomic E-state index is 13.7. The van der Waals surface area contributed by atoms with Gasteiger partial charge in [0.1, 0.15) is 5.75 Å². The largest absolute Gasteiger partial charge is 0.569 e. The van der Waals surface area contributed by atoms with E-state index in [-0.39, 0.29) is 21.7 Å². The number of hydrogen-bond donors (Lipinski definition) is 2. The van der Waals surface area contributed by atoms with E-state index in [0.29, 0.717) is 0 Å². The maximum atomic E-state index is 13.7. The Morgan fingerprint density at radius 3 is 2.25 bits per heavy atom. The normalized spacial score (nSPS) is 15.8. The highest BCUT2D eigenvalue weighted by molar-refractivity contribution is 5.96. The van der Waals surface area contributed by atoms with E-state index in [1.165, 1.54) is 6.07 Å². The average molecular weight is 519 g/mol. The van der Waals surface area contributed by atoms with Gasteiger partial charge in [0.05, 0.1) is 10.5 Å². The lowest BCUT2D eigenvalue weighted by molar-refractivity contribution is -0.707. The lowest BCUT2D eigenvalue weighted by atomic mass is 9.82. The quantitative estimate of drug-likeness (QED) is 0.124. The molecule has 0 unspecified atom stereocenters. The van der Waals surface area contributed by atoms with Crippen LogP contribution < -0.4 is 4.74 Å². The summed E-state index contributed by atoms with van der Waals surface area (Å²) in [5, 5.41) is 32.2. The van der Waals surface area contributed by atoms with Crippen molar-refractivity contribution >= 4 is 24.0 Å². The maximum Gasteiger partial charge on any atom is 0.430 e. The number of benzene rings is 1. The molecule has 0 amide bonds. The molecule has 1 aliphatic heterocycles. The predicted octanol–water partition coefficient (Wildman–Crippen LogP) is 2.78. The summed E-state index contributed by atoms with van der Waals surface area (Å²) in [5.74, 6) is -4.63. The molecule has 1 aromatic rings. The van der Waals surface area contributed by atoms with Crippen LogP contribution in [0.5, 0.6) is 5.75 Å². The number of rotatable bonds is 9. The summed E-state index contributed by atoms with van der Waals surface area (Å²) >= 11 is 0. The number of aryl methyl sites for hydroxylation is 1. The number of carbonyl (C=O) groups excluding carboxylic acids is 1. The number of nitrogens with zero attached hydrogens (tertiary/aromatic N) is 3. The Balaban J connectivity index is 2.21. The number of hydrazine groups is 1.